The maximum absolute atomic E-state index is 6.22. The predicted molar refractivity (Wildman–Crippen MR) is 92.3 cm³/mol. The van der Waals surface area contributed by atoms with E-state index in [1.807, 2.05) is 18.2 Å². The molecule has 2 aromatic rings. The average Bonchev–Trinajstić information content (AvgIpc) is 2.60. The molecular weight excluding hydrogens is 294 g/mol. The molecule has 2 nitrogen and oxygen atoms in total. The fourth-order valence-corrected chi connectivity index (χ4v) is 3.62. The third-order valence-corrected chi connectivity index (χ3v) is 4.64. The van der Waals surface area contributed by atoms with Gasteiger partial charge in [0.1, 0.15) is 11.5 Å². The maximum Gasteiger partial charge on any atom is 0.132 e. The van der Waals surface area contributed by atoms with Crippen molar-refractivity contribution in [2.45, 2.75) is 25.2 Å². The molecule has 1 aliphatic heterocycles. The minimum Gasteiger partial charge on any atom is -0.457 e. The third kappa shape index (κ3) is 2.86. The summed E-state index contributed by atoms with van der Waals surface area (Å²) in [6.45, 7) is 3.25. The summed E-state index contributed by atoms with van der Waals surface area (Å²) in [4.78, 5) is 2.25. The molecule has 0 fully saturated rings. The van der Waals surface area contributed by atoms with E-state index >= 15 is 0 Å². The van der Waals surface area contributed by atoms with Gasteiger partial charge in [-0.2, -0.15) is 0 Å². The number of nitrogens with zero attached hydrogens (tertiary/aromatic N) is 1. The Morgan fingerprint density at radius 3 is 2.45 bits per heavy atom. The Morgan fingerprint density at radius 1 is 1.00 bits per heavy atom. The van der Waals surface area contributed by atoms with Crippen LogP contribution in [-0.4, -0.2) is 25.5 Å². The number of likely N-dealkylation sites (N-methyl/N-ethyl adjacent to an activating group) is 1. The molecule has 22 heavy (non-hydrogen) atoms. The highest BCUT2D eigenvalue weighted by atomic mass is 35.5. The summed E-state index contributed by atoms with van der Waals surface area (Å²) in [5.74, 6) is 2.69. The van der Waals surface area contributed by atoms with Gasteiger partial charge in [-0.15, -0.1) is 0 Å². The third-order valence-electron chi connectivity index (χ3n) is 4.40. The molecule has 3 heteroatoms. The lowest BCUT2D eigenvalue weighted by atomic mass is 9.79. The monoisotopic (exact) mass is 315 g/mol. The minimum absolute atomic E-state index is 0.399. The van der Waals surface area contributed by atoms with Gasteiger partial charge >= 0.3 is 0 Å². The summed E-state index contributed by atoms with van der Waals surface area (Å²) in [5.41, 5.74) is 2.55. The summed E-state index contributed by atoms with van der Waals surface area (Å²) in [6.07, 6.45) is 1.08. The molecule has 0 saturated carbocycles. The van der Waals surface area contributed by atoms with Gasteiger partial charge in [0.05, 0.1) is 0 Å². The Morgan fingerprint density at radius 2 is 1.73 bits per heavy atom. The number of benzene rings is 2. The molecule has 0 bridgehead atoms. The lowest BCUT2D eigenvalue weighted by Gasteiger charge is -2.28. The summed E-state index contributed by atoms with van der Waals surface area (Å²) >= 11 is 6.19. The Kier molecular flexibility index (Phi) is 4.42. The van der Waals surface area contributed by atoms with E-state index < -0.39 is 0 Å². The lowest BCUT2D eigenvalue weighted by Crippen LogP contribution is -2.24. The van der Waals surface area contributed by atoms with Crippen LogP contribution in [0.25, 0.3) is 0 Å². The fourth-order valence-electron chi connectivity index (χ4n) is 3.46. The lowest BCUT2D eigenvalue weighted by molar-refractivity contribution is 0.342. The number of para-hydroxylation sites is 1. The standard InChI is InChI=1S/C19H22ClNO/c1-4-14-15-7-5-6-8-18(15)22-19-11-13(20)9-10-16(19)17(14)12-21(2)3/h5-11,14,17H,4,12H2,1-3H3. The van der Waals surface area contributed by atoms with Crippen LogP contribution in [0.1, 0.15) is 36.3 Å². The molecule has 1 heterocycles. The van der Waals surface area contributed by atoms with Gasteiger partial charge in [-0.3, -0.25) is 0 Å². The van der Waals surface area contributed by atoms with Crippen molar-refractivity contribution >= 4 is 11.6 Å². The molecule has 3 rings (SSSR count). The molecule has 0 amide bonds. The zero-order valence-electron chi connectivity index (χ0n) is 13.3. The van der Waals surface area contributed by atoms with Crippen molar-refractivity contribution in [2.24, 2.45) is 0 Å². The van der Waals surface area contributed by atoms with E-state index in [0.717, 1.165) is 29.5 Å². The van der Waals surface area contributed by atoms with Crippen LogP contribution >= 0.6 is 11.6 Å². The Hall–Kier alpha value is -1.51. The second-order valence-electron chi connectivity index (χ2n) is 6.21. The van der Waals surface area contributed by atoms with E-state index in [4.69, 9.17) is 16.3 Å². The van der Waals surface area contributed by atoms with E-state index in [1.54, 1.807) is 0 Å². The van der Waals surface area contributed by atoms with Gasteiger partial charge in [0.15, 0.2) is 0 Å². The number of rotatable bonds is 3. The van der Waals surface area contributed by atoms with Gasteiger partial charge in [0.25, 0.3) is 0 Å². The SMILES string of the molecule is CCC1c2ccccc2Oc2cc(Cl)ccc2C1CN(C)C. The molecule has 0 spiro atoms. The molecule has 0 N–H and O–H groups in total. The van der Waals surface area contributed by atoms with Gasteiger partial charge in [0, 0.05) is 17.5 Å². The first-order valence-corrected chi connectivity index (χ1v) is 8.19. The largest absolute Gasteiger partial charge is 0.457 e. The van der Waals surface area contributed by atoms with E-state index in [0.29, 0.717) is 11.8 Å². The van der Waals surface area contributed by atoms with Gasteiger partial charge < -0.3 is 9.64 Å². The van der Waals surface area contributed by atoms with Crippen LogP contribution in [0.3, 0.4) is 0 Å². The number of ether oxygens (including phenoxy) is 1. The Labute approximate surface area is 137 Å². The van der Waals surface area contributed by atoms with Crippen LogP contribution in [0.4, 0.5) is 0 Å². The normalized spacial score (nSPS) is 20.0. The predicted octanol–water partition coefficient (Wildman–Crippen LogP) is 5.28. The minimum atomic E-state index is 0.399. The second kappa shape index (κ2) is 6.31. The first kappa shape index (κ1) is 15.4. The van der Waals surface area contributed by atoms with Crippen LogP contribution in [0, 0.1) is 0 Å². The second-order valence-corrected chi connectivity index (χ2v) is 6.64. The van der Waals surface area contributed by atoms with Crippen molar-refractivity contribution in [2.75, 3.05) is 20.6 Å². The Bertz CT molecular complexity index is 668. The topological polar surface area (TPSA) is 12.5 Å². The average molecular weight is 316 g/mol. The molecule has 2 aromatic carbocycles. The highest BCUT2D eigenvalue weighted by Gasteiger charge is 2.31. The first-order valence-electron chi connectivity index (χ1n) is 7.81. The number of fused-ring (bicyclic) bond motifs is 2. The van der Waals surface area contributed by atoms with Crippen molar-refractivity contribution < 1.29 is 4.74 Å². The molecule has 0 aromatic heterocycles. The Balaban J connectivity index is 2.18. The van der Waals surface area contributed by atoms with E-state index in [1.165, 1.54) is 11.1 Å². The van der Waals surface area contributed by atoms with E-state index in [2.05, 4.69) is 50.2 Å². The van der Waals surface area contributed by atoms with E-state index in [-0.39, 0.29) is 0 Å². The smallest absolute Gasteiger partial charge is 0.132 e. The molecule has 2 unspecified atom stereocenters. The number of hydrogen-bond donors (Lipinski definition) is 0. The van der Waals surface area contributed by atoms with Crippen LogP contribution in [0.2, 0.25) is 5.02 Å². The molecule has 116 valence electrons. The van der Waals surface area contributed by atoms with Crippen molar-refractivity contribution in [1.29, 1.82) is 0 Å². The fraction of sp³-hybridized carbons (Fsp3) is 0.368. The van der Waals surface area contributed by atoms with Crippen molar-refractivity contribution in [3.8, 4) is 11.5 Å². The van der Waals surface area contributed by atoms with Crippen LogP contribution < -0.4 is 4.74 Å². The van der Waals surface area contributed by atoms with Crippen molar-refractivity contribution in [3.63, 3.8) is 0 Å². The quantitative estimate of drug-likeness (QED) is 0.763. The van der Waals surface area contributed by atoms with E-state index in [9.17, 15) is 0 Å². The zero-order valence-corrected chi connectivity index (χ0v) is 14.1. The number of halogens is 1. The van der Waals surface area contributed by atoms with Crippen molar-refractivity contribution in [3.05, 3.63) is 58.6 Å². The van der Waals surface area contributed by atoms with Gasteiger partial charge in [-0.05, 0) is 55.8 Å². The molecule has 2 atom stereocenters. The molecular formula is C19H22ClNO. The molecule has 0 saturated heterocycles. The highest BCUT2D eigenvalue weighted by Crippen LogP contribution is 2.48. The summed E-state index contributed by atoms with van der Waals surface area (Å²) < 4.78 is 6.22. The highest BCUT2D eigenvalue weighted by molar-refractivity contribution is 6.30. The summed E-state index contributed by atoms with van der Waals surface area (Å²) in [7, 11) is 4.25. The summed E-state index contributed by atoms with van der Waals surface area (Å²) in [6, 6.07) is 14.4. The van der Waals surface area contributed by atoms with Gasteiger partial charge in [-0.1, -0.05) is 42.8 Å². The number of hydrogen-bond acceptors (Lipinski definition) is 2. The maximum atomic E-state index is 6.22. The van der Waals surface area contributed by atoms with Crippen LogP contribution in [-0.2, 0) is 0 Å². The molecule has 1 aliphatic rings. The van der Waals surface area contributed by atoms with Crippen LogP contribution in [0.15, 0.2) is 42.5 Å². The van der Waals surface area contributed by atoms with Gasteiger partial charge in [-0.25, -0.2) is 0 Å². The van der Waals surface area contributed by atoms with Crippen LogP contribution in [0.5, 0.6) is 11.5 Å². The molecule has 0 radical (unpaired) electrons. The molecule has 0 aliphatic carbocycles. The zero-order chi connectivity index (χ0) is 15.7. The van der Waals surface area contributed by atoms with Gasteiger partial charge in [0.2, 0.25) is 0 Å². The van der Waals surface area contributed by atoms with Crippen molar-refractivity contribution in [1.82, 2.24) is 4.90 Å². The first-order chi connectivity index (χ1) is 10.6. The summed E-state index contributed by atoms with van der Waals surface area (Å²) in [5, 5.41) is 0.717.